The zero-order valence-corrected chi connectivity index (χ0v) is 19.1. The minimum Gasteiger partial charge on any atom is -0.488 e. The summed E-state index contributed by atoms with van der Waals surface area (Å²) in [6, 6.07) is 6.00. The van der Waals surface area contributed by atoms with Crippen LogP contribution in [-0.4, -0.2) is 12.6 Å². The second kappa shape index (κ2) is 9.11. The van der Waals surface area contributed by atoms with Gasteiger partial charge in [0.2, 0.25) is 11.6 Å². The lowest BCUT2D eigenvalue weighted by Crippen LogP contribution is -2.12. The van der Waals surface area contributed by atoms with Crippen LogP contribution < -0.4 is 14.2 Å². The number of Topliss-reactive ketones (excluding diaryl/α,β-unsaturated/α-hetero) is 1. The van der Waals surface area contributed by atoms with Gasteiger partial charge in [-0.1, -0.05) is 11.6 Å². The van der Waals surface area contributed by atoms with Crippen LogP contribution in [0.1, 0.15) is 32.6 Å². The van der Waals surface area contributed by atoms with Crippen LogP contribution in [0.2, 0.25) is 5.02 Å². The second-order valence-corrected chi connectivity index (χ2v) is 8.37. The maximum atomic E-state index is 14.0. The molecule has 186 valence electrons. The number of hydrogen-bond acceptors (Lipinski definition) is 5. The lowest BCUT2D eigenvalue weighted by Gasteiger charge is -2.20. The van der Waals surface area contributed by atoms with Gasteiger partial charge < -0.3 is 18.9 Å². The van der Waals surface area contributed by atoms with Crippen molar-refractivity contribution in [1.82, 2.24) is 0 Å². The minimum absolute atomic E-state index is 0.0207. The minimum atomic E-state index is -2.26. The van der Waals surface area contributed by atoms with E-state index in [-0.39, 0.29) is 41.8 Å². The molecule has 3 aromatic carbocycles. The Morgan fingerprint density at radius 3 is 2.42 bits per heavy atom. The molecule has 2 aliphatic rings. The average molecular weight is 525 g/mol. The van der Waals surface area contributed by atoms with Crippen LogP contribution >= 0.6 is 11.6 Å². The predicted molar refractivity (Wildman–Crippen MR) is 116 cm³/mol. The number of carbonyl (C=O) groups is 1. The molecule has 0 aromatic heterocycles. The molecule has 36 heavy (non-hydrogen) atoms. The molecular weight excluding hydrogens is 511 g/mol. The number of fused-ring (bicyclic) bond motifs is 2. The van der Waals surface area contributed by atoms with E-state index < -0.39 is 47.0 Å². The molecule has 0 amide bonds. The van der Waals surface area contributed by atoms with Gasteiger partial charge in [-0.2, -0.15) is 0 Å². The summed E-state index contributed by atoms with van der Waals surface area (Å²) in [5.74, 6) is -10.2. The Hall–Kier alpha value is -3.63. The molecule has 0 saturated heterocycles. The topological polar surface area (TPSA) is 54.0 Å². The van der Waals surface area contributed by atoms with Gasteiger partial charge in [0.1, 0.15) is 23.9 Å². The van der Waals surface area contributed by atoms with Crippen molar-refractivity contribution in [2.45, 2.75) is 20.1 Å². The number of halogens is 6. The quantitative estimate of drug-likeness (QED) is 0.171. The van der Waals surface area contributed by atoms with Crippen molar-refractivity contribution in [3.05, 3.63) is 92.0 Å². The van der Waals surface area contributed by atoms with Gasteiger partial charge in [0.05, 0.1) is 17.7 Å². The zero-order valence-electron chi connectivity index (χ0n) is 18.3. The molecule has 0 N–H and O–H groups in total. The van der Waals surface area contributed by atoms with E-state index in [1.807, 2.05) is 0 Å². The fourth-order valence-corrected chi connectivity index (χ4v) is 4.16. The van der Waals surface area contributed by atoms with E-state index in [2.05, 4.69) is 0 Å². The highest BCUT2D eigenvalue weighted by Crippen LogP contribution is 2.41. The maximum Gasteiger partial charge on any atom is 0.231 e. The Balaban J connectivity index is 1.44. The van der Waals surface area contributed by atoms with E-state index in [9.17, 15) is 26.7 Å². The third kappa shape index (κ3) is 3.96. The van der Waals surface area contributed by atoms with Gasteiger partial charge in [0.25, 0.3) is 0 Å². The molecule has 0 atom stereocenters. The lowest BCUT2D eigenvalue weighted by atomic mass is 10.0. The van der Waals surface area contributed by atoms with Gasteiger partial charge >= 0.3 is 0 Å². The molecule has 5 rings (SSSR count). The van der Waals surface area contributed by atoms with Crippen molar-refractivity contribution in [3.8, 4) is 17.2 Å². The monoisotopic (exact) mass is 524 g/mol. The highest BCUT2D eigenvalue weighted by Gasteiger charge is 2.31. The zero-order chi connectivity index (χ0) is 25.7. The summed E-state index contributed by atoms with van der Waals surface area (Å²) >= 11 is 6.17. The summed E-state index contributed by atoms with van der Waals surface area (Å²) in [4.78, 5) is 12.9. The highest BCUT2D eigenvalue weighted by atomic mass is 35.5. The van der Waals surface area contributed by atoms with Gasteiger partial charge in [-0.05, 0) is 37.3 Å². The van der Waals surface area contributed by atoms with Gasteiger partial charge in [-0.15, -0.1) is 0 Å². The SMILES string of the molecule is Cc1c(OCc2c(F)c(F)c(F)c(F)c2F)ccc2c1O/C(=C\c1cc(Cl)cc3c1OCOC3)C2=O. The normalized spacial score (nSPS) is 15.4. The predicted octanol–water partition coefficient (Wildman–Crippen LogP) is 6.41. The van der Waals surface area contributed by atoms with E-state index >= 15 is 0 Å². The molecule has 3 aromatic rings. The van der Waals surface area contributed by atoms with E-state index in [1.54, 1.807) is 12.1 Å². The average Bonchev–Trinajstić information content (AvgIpc) is 3.18. The molecule has 2 heterocycles. The van der Waals surface area contributed by atoms with Crippen molar-refractivity contribution in [2.75, 3.05) is 6.79 Å². The van der Waals surface area contributed by atoms with Crippen LogP contribution in [0.3, 0.4) is 0 Å². The van der Waals surface area contributed by atoms with Crippen molar-refractivity contribution in [3.63, 3.8) is 0 Å². The highest BCUT2D eigenvalue weighted by molar-refractivity contribution is 6.31. The number of ether oxygens (including phenoxy) is 4. The van der Waals surface area contributed by atoms with Gasteiger partial charge in [0, 0.05) is 21.7 Å². The third-order valence-corrected chi connectivity index (χ3v) is 5.92. The Bertz CT molecular complexity index is 1440. The van der Waals surface area contributed by atoms with E-state index in [1.165, 1.54) is 25.1 Å². The molecule has 0 radical (unpaired) electrons. The molecular formula is C25H14ClF5O5. The van der Waals surface area contributed by atoms with Crippen LogP contribution in [0.25, 0.3) is 6.08 Å². The fraction of sp³-hybridized carbons (Fsp3) is 0.160. The molecule has 0 unspecified atom stereocenters. The van der Waals surface area contributed by atoms with E-state index in [4.69, 9.17) is 30.5 Å². The van der Waals surface area contributed by atoms with Crippen molar-refractivity contribution >= 4 is 23.5 Å². The van der Waals surface area contributed by atoms with E-state index in [0.29, 0.717) is 21.9 Å². The Labute approximate surface area is 205 Å². The van der Waals surface area contributed by atoms with Crippen LogP contribution in [0.15, 0.2) is 30.0 Å². The van der Waals surface area contributed by atoms with Gasteiger partial charge in [-0.3, -0.25) is 4.79 Å². The molecule has 0 aliphatic carbocycles. The smallest absolute Gasteiger partial charge is 0.231 e. The summed E-state index contributed by atoms with van der Waals surface area (Å²) in [5, 5.41) is 0.401. The Morgan fingerprint density at radius 2 is 1.69 bits per heavy atom. The molecule has 11 heteroatoms. The van der Waals surface area contributed by atoms with Crippen molar-refractivity contribution in [2.24, 2.45) is 0 Å². The lowest BCUT2D eigenvalue weighted by molar-refractivity contribution is -0.0165. The number of ketones is 1. The molecule has 0 fully saturated rings. The summed E-state index contributed by atoms with van der Waals surface area (Å²) in [7, 11) is 0. The molecule has 0 bridgehead atoms. The first-order chi connectivity index (χ1) is 17.2. The van der Waals surface area contributed by atoms with Crippen LogP contribution in [0, 0.1) is 36.0 Å². The molecule has 5 nitrogen and oxygen atoms in total. The first kappa shape index (κ1) is 24.1. The largest absolute Gasteiger partial charge is 0.488 e. The standard InChI is InChI=1S/C25H14ClF5O5/c1-10-16(34-8-15-18(27)20(29)22(31)21(30)19(15)28)3-2-14-23(32)17(36-24(10)14)6-11-4-13(26)5-12-7-33-9-35-25(11)12/h2-6H,7-9H2,1H3/b17-6-. The summed E-state index contributed by atoms with van der Waals surface area (Å²) in [6.07, 6.45) is 1.47. The Kier molecular flexibility index (Phi) is 6.09. The first-order valence-electron chi connectivity index (χ1n) is 10.4. The third-order valence-electron chi connectivity index (χ3n) is 5.70. The van der Waals surface area contributed by atoms with Crippen LogP contribution in [-0.2, 0) is 18.0 Å². The van der Waals surface area contributed by atoms with E-state index in [0.717, 1.165) is 0 Å². The summed E-state index contributed by atoms with van der Waals surface area (Å²) in [6.45, 7) is 0.882. The molecule has 2 aliphatic heterocycles. The molecule has 0 spiro atoms. The summed E-state index contributed by atoms with van der Waals surface area (Å²) in [5.41, 5.74) is 0.549. The summed E-state index contributed by atoms with van der Waals surface area (Å²) < 4.78 is 90.1. The Morgan fingerprint density at radius 1 is 1.00 bits per heavy atom. The number of allylic oxidation sites excluding steroid dienone is 1. The van der Waals surface area contributed by atoms with Gasteiger partial charge in [-0.25, -0.2) is 22.0 Å². The number of carbonyl (C=O) groups excluding carboxylic acids is 1. The maximum absolute atomic E-state index is 14.0. The number of hydrogen-bond donors (Lipinski definition) is 0. The number of rotatable bonds is 4. The van der Waals surface area contributed by atoms with Crippen LogP contribution in [0.5, 0.6) is 17.2 Å². The first-order valence-corrected chi connectivity index (χ1v) is 10.8. The van der Waals surface area contributed by atoms with Crippen molar-refractivity contribution < 1.29 is 45.7 Å². The second-order valence-electron chi connectivity index (χ2n) is 7.94. The van der Waals surface area contributed by atoms with Gasteiger partial charge in [0.15, 0.2) is 35.8 Å². The van der Waals surface area contributed by atoms with Crippen LogP contribution in [0.4, 0.5) is 22.0 Å². The van der Waals surface area contributed by atoms with Crippen molar-refractivity contribution in [1.29, 1.82) is 0 Å². The number of benzene rings is 3. The fourth-order valence-electron chi connectivity index (χ4n) is 3.91. The molecule has 0 saturated carbocycles.